The van der Waals surface area contributed by atoms with Gasteiger partial charge in [0.2, 0.25) is 5.95 Å². The molecule has 1 saturated heterocycles. The maximum absolute atomic E-state index is 6.06. The van der Waals surface area contributed by atoms with Gasteiger partial charge >= 0.3 is 6.01 Å². The smallest absolute Gasteiger partial charge is 0.318 e. The van der Waals surface area contributed by atoms with Gasteiger partial charge in [-0.3, -0.25) is 0 Å². The zero-order valence-electron chi connectivity index (χ0n) is 17.3. The number of anilines is 2. The topological polar surface area (TPSA) is 122 Å². The lowest BCUT2D eigenvalue weighted by molar-refractivity contribution is 0.542. The Labute approximate surface area is 198 Å². The highest BCUT2D eigenvalue weighted by Crippen LogP contribution is 2.58. The number of rotatable bonds is 7. The van der Waals surface area contributed by atoms with Gasteiger partial charge in [0.1, 0.15) is 5.69 Å². The Bertz CT molecular complexity index is 1250. The SMILES string of the molecule is Clc1cc(Cl)cc(CCNc2nccc(-c3nnc(N4CC5C(C4)C5c4cn[nH]n4)o3)n2)c1. The Morgan fingerprint density at radius 2 is 1.94 bits per heavy atom. The number of hydrogen-bond acceptors (Lipinski definition) is 9. The maximum Gasteiger partial charge on any atom is 0.318 e. The van der Waals surface area contributed by atoms with Crippen molar-refractivity contribution >= 4 is 35.2 Å². The van der Waals surface area contributed by atoms with Crippen LogP contribution in [0.15, 0.2) is 41.1 Å². The molecule has 0 bridgehead atoms. The van der Waals surface area contributed by atoms with Crippen molar-refractivity contribution in [3.05, 3.63) is 58.0 Å². The fourth-order valence-corrected chi connectivity index (χ4v) is 5.15. The zero-order valence-corrected chi connectivity index (χ0v) is 18.8. The summed E-state index contributed by atoms with van der Waals surface area (Å²) in [4.78, 5) is 10.9. The van der Waals surface area contributed by atoms with Crippen molar-refractivity contribution in [1.82, 2.24) is 35.6 Å². The maximum atomic E-state index is 6.06. The predicted octanol–water partition coefficient (Wildman–Crippen LogP) is 3.46. The van der Waals surface area contributed by atoms with Gasteiger partial charge in [0.25, 0.3) is 5.89 Å². The second-order valence-electron chi connectivity index (χ2n) is 8.26. The van der Waals surface area contributed by atoms with Crippen LogP contribution in [0.5, 0.6) is 0 Å². The number of nitrogens with zero attached hydrogens (tertiary/aromatic N) is 7. The summed E-state index contributed by atoms with van der Waals surface area (Å²) in [7, 11) is 0. The number of nitrogens with one attached hydrogen (secondary N) is 2. The molecule has 1 aliphatic heterocycles. The number of aromatic nitrogens is 7. The van der Waals surface area contributed by atoms with Crippen LogP contribution in [0.4, 0.5) is 12.0 Å². The van der Waals surface area contributed by atoms with Crippen molar-refractivity contribution in [1.29, 1.82) is 0 Å². The third-order valence-corrected chi connectivity index (χ3v) is 6.58. The monoisotopic (exact) mass is 483 g/mol. The molecule has 0 radical (unpaired) electrons. The van der Waals surface area contributed by atoms with E-state index in [4.69, 9.17) is 27.6 Å². The average molecular weight is 484 g/mol. The van der Waals surface area contributed by atoms with Crippen LogP contribution in [-0.2, 0) is 6.42 Å². The second-order valence-corrected chi connectivity index (χ2v) is 9.14. The lowest BCUT2D eigenvalue weighted by atomic mass is 10.1. The molecule has 0 amide bonds. The minimum atomic E-state index is 0.366. The summed E-state index contributed by atoms with van der Waals surface area (Å²) in [6.45, 7) is 2.36. The predicted molar refractivity (Wildman–Crippen MR) is 122 cm³/mol. The van der Waals surface area contributed by atoms with Crippen LogP contribution in [0.25, 0.3) is 11.6 Å². The highest BCUT2D eigenvalue weighted by Gasteiger charge is 2.58. The van der Waals surface area contributed by atoms with E-state index in [2.05, 4.69) is 45.8 Å². The lowest BCUT2D eigenvalue weighted by Crippen LogP contribution is -2.23. The summed E-state index contributed by atoms with van der Waals surface area (Å²) < 4.78 is 5.93. The number of hydrogen-bond donors (Lipinski definition) is 2. The fourth-order valence-electron chi connectivity index (χ4n) is 4.58. The van der Waals surface area contributed by atoms with Crippen LogP contribution in [0.3, 0.4) is 0 Å². The molecule has 6 rings (SSSR count). The van der Waals surface area contributed by atoms with Crippen molar-refractivity contribution in [3.63, 3.8) is 0 Å². The molecule has 2 N–H and O–H groups in total. The van der Waals surface area contributed by atoms with Crippen LogP contribution in [0.1, 0.15) is 17.2 Å². The summed E-state index contributed by atoms with van der Waals surface area (Å²) in [5, 5.41) is 23.7. The highest BCUT2D eigenvalue weighted by atomic mass is 35.5. The van der Waals surface area contributed by atoms with E-state index in [1.165, 1.54) is 0 Å². The molecule has 2 atom stereocenters. The first-order valence-electron chi connectivity index (χ1n) is 10.6. The van der Waals surface area contributed by atoms with Crippen molar-refractivity contribution in [2.75, 3.05) is 29.9 Å². The molecule has 3 aromatic heterocycles. The summed E-state index contributed by atoms with van der Waals surface area (Å²) in [5.74, 6) is 2.43. The molecule has 10 nitrogen and oxygen atoms in total. The Morgan fingerprint density at radius 1 is 1.12 bits per heavy atom. The van der Waals surface area contributed by atoms with E-state index in [1.54, 1.807) is 18.3 Å². The zero-order chi connectivity index (χ0) is 22.4. The van der Waals surface area contributed by atoms with Gasteiger partial charge in [-0.05, 0) is 48.1 Å². The molecule has 168 valence electrons. The number of fused-ring (bicyclic) bond motifs is 1. The van der Waals surface area contributed by atoms with Crippen molar-refractivity contribution in [2.45, 2.75) is 12.3 Å². The van der Waals surface area contributed by atoms with Crippen LogP contribution in [0.2, 0.25) is 10.0 Å². The molecule has 2 fully saturated rings. The van der Waals surface area contributed by atoms with Gasteiger partial charge in [0.05, 0.1) is 11.9 Å². The number of aromatic amines is 1. The molecule has 1 aromatic carbocycles. The fraction of sp³-hybridized carbons (Fsp3) is 0.333. The third kappa shape index (κ3) is 4.11. The van der Waals surface area contributed by atoms with Crippen LogP contribution < -0.4 is 10.2 Å². The molecular formula is C21H19Cl2N9O. The third-order valence-electron chi connectivity index (χ3n) is 6.15. The molecule has 1 aliphatic carbocycles. The summed E-state index contributed by atoms with van der Waals surface area (Å²) in [6.07, 6.45) is 4.20. The molecule has 0 spiro atoms. The molecule has 4 aromatic rings. The Kier molecular flexibility index (Phi) is 5.11. The first-order valence-corrected chi connectivity index (χ1v) is 11.4. The molecule has 2 aliphatic rings. The van der Waals surface area contributed by atoms with E-state index >= 15 is 0 Å². The summed E-state index contributed by atoms with van der Waals surface area (Å²) >= 11 is 12.1. The van der Waals surface area contributed by atoms with E-state index < -0.39 is 0 Å². The van der Waals surface area contributed by atoms with Crippen LogP contribution in [-0.4, -0.2) is 55.2 Å². The first-order chi connectivity index (χ1) is 16.1. The molecule has 2 unspecified atom stereocenters. The van der Waals surface area contributed by atoms with E-state index in [0.717, 1.165) is 30.8 Å². The quantitative estimate of drug-likeness (QED) is 0.406. The van der Waals surface area contributed by atoms with Gasteiger partial charge < -0.3 is 14.6 Å². The summed E-state index contributed by atoms with van der Waals surface area (Å²) in [6, 6.07) is 7.76. The largest absolute Gasteiger partial charge is 0.402 e. The molecule has 12 heteroatoms. The Balaban J connectivity index is 1.07. The van der Waals surface area contributed by atoms with Crippen LogP contribution >= 0.6 is 23.2 Å². The van der Waals surface area contributed by atoms with Crippen molar-refractivity contribution < 1.29 is 4.42 Å². The highest BCUT2D eigenvalue weighted by molar-refractivity contribution is 6.34. The summed E-state index contributed by atoms with van der Waals surface area (Å²) in [5.41, 5.74) is 2.64. The minimum absolute atomic E-state index is 0.366. The average Bonchev–Trinajstić information content (AvgIpc) is 3.33. The first kappa shape index (κ1) is 20.4. The number of piperidine rings is 1. The second kappa shape index (κ2) is 8.27. The van der Waals surface area contributed by atoms with Gasteiger partial charge in [0, 0.05) is 41.8 Å². The normalized spacial score (nSPS) is 21.3. The Morgan fingerprint density at radius 3 is 2.70 bits per heavy atom. The van der Waals surface area contributed by atoms with E-state index in [0.29, 0.717) is 57.9 Å². The number of H-pyrrole nitrogens is 1. The number of halogens is 2. The minimum Gasteiger partial charge on any atom is -0.402 e. The molecule has 1 saturated carbocycles. The van der Waals surface area contributed by atoms with Gasteiger partial charge in [-0.1, -0.05) is 28.3 Å². The molecule has 4 heterocycles. The standard InChI is InChI=1S/C21H19Cl2N9O/c22-12-5-11(6-13(23)7-12)1-3-24-20-25-4-2-16(27-20)19-29-30-21(33-19)32-9-14-15(10-32)18(14)17-8-26-31-28-17/h2,4-8,14-15,18H,1,3,9-10H2,(H,24,25,27)(H,26,28,31). The van der Waals surface area contributed by atoms with Gasteiger partial charge in [-0.25, -0.2) is 9.97 Å². The lowest BCUT2D eigenvalue weighted by Gasteiger charge is -2.15. The van der Waals surface area contributed by atoms with Crippen molar-refractivity contribution in [2.24, 2.45) is 11.8 Å². The number of benzene rings is 1. The van der Waals surface area contributed by atoms with Crippen molar-refractivity contribution in [3.8, 4) is 11.6 Å². The van der Waals surface area contributed by atoms with E-state index in [1.807, 2.05) is 18.3 Å². The Hall–Kier alpha value is -3.24. The van der Waals surface area contributed by atoms with E-state index in [9.17, 15) is 0 Å². The molecular weight excluding hydrogens is 465 g/mol. The van der Waals surface area contributed by atoms with Gasteiger partial charge in [-0.2, -0.15) is 15.4 Å². The molecule has 33 heavy (non-hydrogen) atoms. The van der Waals surface area contributed by atoms with Gasteiger partial charge in [0.15, 0.2) is 0 Å². The van der Waals surface area contributed by atoms with E-state index in [-0.39, 0.29) is 0 Å². The van der Waals surface area contributed by atoms with Gasteiger partial charge in [-0.15, -0.1) is 5.10 Å². The van der Waals surface area contributed by atoms with Crippen LogP contribution in [0, 0.1) is 11.8 Å².